The molecule has 0 spiro atoms. The van der Waals surface area contributed by atoms with Crippen LogP contribution < -0.4 is 5.32 Å². The summed E-state index contributed by atoms with van der Waals surface area (Å²) >= 11 is 0. The first-order valence-electron chi connectivity index (χ1n) is 9.33. The molecule has 27 heavy (non-hydrogen) atoms. The van der Waals surface area contributed by atoms with Crippen molar-refractivity contribution in [1.29, 1.82) is 0 Å². The topological polar surface area (TPSA) is 46.9 Å². The highest BCUT2D eigenvalue weighted by Gasteiger charge is 2.27. The molecule has 0 saturated heterocycles. The van der Waals surface area contributed by atoms with Crippen LogP contribution in [0.2, 0.25) is 0 Å². The third-order valence-electron chi connectivity index (χ3n) is 5.01. The van der Waals surface area contributed by atoms with Crippen LogP contribution in [0.3, 0.4) is 0 Å². The molecule has 0 atom stereocenters. The number of hydrogen-bond acceptors (Lipinski definition) is 2. The molecule has 0 aliphatic heterocycles. The quantitative estimate of drug-likeness (QED) is 0.750. The Morgan fingerprint density at radius 1 is 1.19 bits per heavy atom. The van der Waals surface area contributed by atoms with E-state index in [0.717, 1.165) is 36.9 Å². The van der Waals surface area contributed by atoms with Gasteiger partial charge in [0.15, 0.2) is 5.69 Å². The molecule has 1 aliphatic rings. The van der Waals surface area contributed by atoms with Gasteiger partial charge in [-0.2, -0.15) is 5.10 Å². The second-order valence-corrected chi connectivity index (χ2v) is 6.99. The Labute approximate surface area is 158 Å². The number of hydrogen-bond donors (Lipinski definition) is 1. The number of para-hydroxylation sites is 1. The molecule has 1 aliphatic carbocycles. The van der Waals surface area contributed by atoms with Crippen LogP contribution in [0.1, 0.15) is 39.3 Å². The number of carbonyl (C=O) groups excluding carboxylic acids is 1. The maximum Gasteiger partial charge on any atom is 0.272 e. The number of aromatic nitrogens is 2. The highest BCUT2D eigenvalue weighted by atomic mass is 19.1. The molecule has 0 radical (unpaired) electrons. The second kappa shape index (κ2) is 7.35. The molecule has 1 heterocycles. The largest absolute Gasteiger partial charge is 0.350 e. The Morgan fingerprint density at radius 3 is 2.85 bits per heavy atom. The van der Waals surface area contributed by atoms with Gasteiger partial charge in [-0.3, -0.25) is 4.79 Å². The van der Waals surface area contributed by atoms with Gasteiger partial charge in [-0.25, -0.2) is 9.07 Å². The Bertz CT molecular complexity index is 993. The van der Waals surface area contributed by atoms with Gasteiger partial charge in [-0.1, -0.05) is 42.0 Å². The Morgan fingerprint density at radius 2 is 2.04 bits per heavy atom. The number of halogens is 1. The van der Waals surface area contributed by atoms with Crippen LogP contribution in [-0.2, 0) is 19.3 Å². The van der Waals surface area contributed by atoms with Crippen molar-refractivity contribution in [2.24, 2.45) is 0 Å². The predicted octanol–water partition coefficient (Wildman–Crippen LogP) is 3.78. The fourth-order valence-corrected chi connectivity index (χ4v) is 3.71. The summed E-state index contributed by atoms with van der Waals surface area (Å²) in [6.07, 6.45) is 3.35. The van der Waals surface area contributed by atoms with Gasteiger partial charge in [0.05, 0.1) is 0 Å². The maximum atomic E-state index is 14.2. The third-order valence-corrected chi connectivity index (χ3v) is 5.01. The number of nitrogens with zero attached hydrogens (tertiary/aromatic N) is 2. The lowest BCUT2D eigenvalue weighted by molar-refractivity contribution is 0.0948. The van der Waals surface area contributed by atoms with Crippen molar-refractivity contribution in [2.45, 2.75) is 32.6 Å². The normalized spacial score (nSPS) is 12.8. The summed E-state index contributed by atoms with van der Waals surface area (Å²) in [7, 11) is 0. The van der Waals surface area contributed by atoms with Crippen LogP contribution in [0.15, 0.2) is 48.5 Å². The van der Waals surface area contributed by atoms with Crippen molar-refractivity contribution in [2.75, 3.05) is 6.54 Å². The number of fused-ring (bicyclic) bond motifs is 1. The summed E-state index contributed by atoms with van der Waals surface area (Å²) < 4.78 is 15.8. The standard InChI is InChI=1S/C22H22FN3O/c1-15-6-4-7-16(14-15)12-13-24-22(27)21-17-8-5-11-19(17)26(25-21)20-10-3-2-9-18(20)23/h2-4,6-7,9-10,14H,5,8,11-13H2,1H3,(H,24,27). The van der Waals surface area contributed by atoms with Gasteiger partial charge >= 0.3 is 0 Å². The van der Waals surface area contributed by atoms with E-state index in [9.17, 15) is 9.18 Å². The zero-order valence-electron chi connectivity index (χ0n) is 15.3. The number of carbonyl (C=O) groups is 1. The molecule has 1 aromatic heterocycles. The zero-order chi connectivity index (χ0) is 18.8. The lowest BCUT2D eigenvalue weighted by Gasteiger charge is -2.07. The van der Waals surface area contributed by atoms with Crippen LogP contribution in [0.25, 0.3) is 5.69 Å². The minimum absolute atomic E-state index is 0.184. The van der Waals surface area contributed by atoms with E-state index < -0.39 is 0 Å². The van der Waals surface area contributed by atoms with E-state index in [4.69, 9.17) is 0 Å². The van der Waals surface area contributed by atoms with Gasteiger partial charge < -0.3 is 5.32 Å². The van der Waals surface area contributed by atoms with E-state index in [0.29, 0.717) is 17.9 Å². The van der Waals surface area contributed by atoms with Gasteiger partial charge in [0.1, 0.15) is 11.5 Å². The van der Waals surface area contributed by atoms with E-state index in [1.54, 1.807) is 22.9 Å². The average Bonchev–Trinajstić information content (AvgIpc) is 3.25. The minimum atomic E-state index is -0.332. The third kappa shape index (κ3) is 3.50. The van der Waals surface area contributed by atoms with Crippen molar-refractivity contribution in [1.82, 2.24) is 15.1 Å². The van der Waals surface area contributed by atoms with Crippen molar-refractivity contribution in [3.8, 4) is 5.69 Å². The van der Waals surface area contributed by atoms with Crippen molar-refractivity contribution < 1.29 is 9.18 Å². The van der Waals surface area contributed by atoms with Crippen LogP contribution >= 0.6 is 0 Å². The van der Waals surface area contributed by atoms with Crippen LogP contribution in [-0.4, -0.2) is 22.2 Å². The first kappa shape index (κ1) is 17.5. The SMILES string of the molecule is Cc1cccc(CCNC(=O)c2nn(-c3ccccc3F)c3c2CCC3)c1. The molecule has 4 rings (SSSR count). The summed E-state index contributed by atoms with van der Waals surface area (Å²) in [5, 5.41) is 7.43. The number of nitrogens with one attached hydrogen (secondary N) is 1. The minimum Gasteiger partial charge on any atom is -0.350 e. The fourth-order valence-electron chi connectivity index (χ4n) is 3.71. The Hall–Kier alpha value is -2.95. The fraction of sp³-hybridized carbons (Fsp3) is 0.273. The number of rotatable bonds is 5. The molecule has 0 fully saturated rings. The Balaban J connectivity index is 1.53. The molecule has 2 aromatic carbocycles. The van der Waals surface area contributed by atoms with Gasteiger partial charge in [0, 0.05) is 17.8 Å². The van der Waals surface area contributed by atoms with Crippen LogP contribution in [0, 0.1) is 12.7 Å². The van der Waals surface area contributed by atoms with Crippen molar-refractivity contribution in [3.05, 3.63) is 82.4 Å². The van der Waals surface area contributed by atoms with Crippen molar-refractivity contribution >= 4 is 5.91 Å². The highest BCUT2D eigenvalue weighted by molar-refractivity contribution is 5.94. The van der Waals surface area contributed by atoms with E-state index in [1.807, 2.05) is 6.07 Å². The van der Waals surface area contributed by atoms with Crippen LogP contribution in [0.4, 0.5) is 4.39 Å². The van der Waals surface area contributed by atoms with E-state index in [1.165, 1.54) is 17.2 Å². The lowest BCUT2D eigenvalue weighted by Crippen LogP contribution is -2.27. The summed E-state index contributed by atoms with van der Waals surface area (Å²) in [5.41, 5.74) is 5.12. The molecule has 1 amide bonds. The maximum absolute atomic E-state index is 14.2. The molecule has 138 valence electrons. The Kier molecular flexibility index (Phi) is 4.75. The average molecular weight is 363 g/mol. The van der Waals surface area contributed by atoms with E-state index in [2.05, 4.69) is 35.5 Å². The van der Waals surface area contributed by atoms with Gasteiger partial charge in [0.2, 0.25) is 0 Å². The molecular weight excluding hydrogens is 341 g/mol. The molecule has 5 heteroatoms. The summed E-state index contributed by atoms with van der Waals surface area (Å²) in [5.74, 6) is -0.517. The molecule has 1 N–H and O–H groups in total. The van der Waals surface area contributed by atoms with Gasteiger partial charge in [-0.05, 0) is 50.3 Å². The second-order valence-electron chi connectivity index (χ2n) is 6.99. The van der Waals surface area contributed by atoms with Gasteiger partial charge in [-0.15, -0.1) is 0 Å². The lowest BCUT2D eigenvalue weighted by atomic mass is 10.1. The zero-order valence-corrected chi connectivity index (χ0v) is 15.3. The first-order valence-corrected chi connectivity index (χ1v) is 9.33. The van der Waals surface area contributed by atoms with Crippen molar-refractivity contribution in [3.63, 3.8) is 0 Å². The van der Waals surface area contributed by atoms with Crippen LogP contribution in [0.5, 0.6) is 0 Å². The summed E-state index contributed by atoms with van der Waals surface area (Å²) in [4.78, 5) is 12.7. The van der Waals surface area contributed by atoms with E-state index in [-0.39, 0.29) is 11.7 Å². The molecular formula is C22H22FN3O. The molecule has 0 unspecified atom stereocenters. The highest BCUT2D eigenvalue weighted by Crippen LogP contribution is 2.28. The summed E-state index contributed by atoms with van der Waals surface area (Å²) in [6, 6.07) is 14.8. The number of amides is 1. The van der Waals surface area contributed by atoms with E-state index >= 15 is 0 Å². The molecule has 4 nitrogen and oxygen atoms in total. The summed E-state index contributed by atoms with van der Waals surface area (Å²) in [6.45, 7) is 2.60. The number of aryl methyl sites for hydroxylation is 1. The molecule has 0 saturated carbocycles. The predicted molar refractivity (Wildman–Crippen MR) is 103 cm³/mol. The smallest absolute Gasteiger partial charge is 0.272 e. The van der Waals surface area contributed by atoms with Gasteiger partial charge in [0.25, 0.3) is 5.91 Å². The number of benzene rings is 2. The first-order chi connectivity index (χ1) is 13.1. The molecule has 0 bridgehead atoms. The monoisotopic (exact) mass is 363 g/mol. The molecule has 3 aromatic rings.